The van der Waals surface area contributed by atoms with Gasteiger partial charge in [0.2, 0.25) is 0 Å². The van der Waals surface area contributed by atoms with Crippen molar-refractivity contribution in [1.82, 2.24) is 0 Å². The van der Waals surface area contributed by atoms with E-state index >= 15 is 0 Å². The number of hydrogen-bond acceptors (Lipinski definition) is 6. The van der Waals surface area contributed by atoms with Crippen LogP contribution in [0.15, 0.2) is 60.8 Å². The van der Waals surface area contributed by atoms with Crippen molar-refractivity contribution in [3.63, 3.8) is 0 Å². The molecule has 0 aromatic heterocycles. The van der Waals surface area contributed by atoms with Gasteiger partial charge in [-0.1, -0.05) is 146 Å². The van der Waals surface area contributed by atoms with Crippen molar-refractivity contribution in [2.24, 2.45) is 0 Å². The first-order valence-electron chi connectivity index (χ1n) is 20.3. The minimum absolute atomic E-state index is 0.110. The molecule has 0 rings (SSSR count). The number of allylic oxidation sites excluding steroid dienone is 9. The van der Waals surface area contributed by atoms with E-state index in [0.717, 1.165) is 83.5 Å². The van der Waals surface area contributed by atoms with Gasteiger partial charge in [-0.2, -0.15) is 0 Å². The van der Waals surface area contributed by atoms with Gasteiger partial charge in [0.25, 0.3) is 0 Å². The number of carbonyl (C=O) groups is 3. The Labute approximate surface area is 307 Å². The van der Waals surface area contributed by atoms with E-state index in [-0.39, 0.29) is 31.6 Å². The Kier molecular flexibility index (Phi) is 36.7. The molecule has 0 bridgehead atoms. The van der Waals surface area contributed by atoms with E-state index in [4.69, 9.17) is 14.2 Å². The van der Waals surface area contributed by atoms with Crippen LogP contribution in [0, 0.1) is 0 Å². The molecule has 0 aliphatic carbocycles. The minimum Gasteiger partial charge on any atom is -0.462 e. The quantitative estimate of drug-likeness (QED) is 0.0284. The molecule has 0 aliphatic rings. The van der Waals surface area contributed by atoms with Gasteiger partial charge in [0, 0.05) is 12.8 Å². The molecule has 0 aromatic rings. The van der Waals surface area contributed by atoms with Gasteiger partial charge >= 0.3 is 17.9 Å². The third kappa shape index (κ3) is 36.4. The molecule has 0 N–H and O–H groups in total. The number of esters is 3. The van der Waals surface area contributed by atoms with Crippen molar-refractivity contribution < 1.29 is 28.6 Å². The van der Waals surface area contributed by atoms with Crippen LogP contribution in [-0.2, 0) is 28.6 Å². The standard InChI is InChI=1S/C44H74O6/c1-4-7-10-13-16-19-21-23-25-28-31-34-37-43(46)49-40-41(39-48-42(45)36-33-30-27-24-18-15-12-9-6-3)50-44(47)38-35-32-29-26-22-20-17-14-11-8-5-2/h9,12,14,16-19,24,30,33,41H,4-8,10-11,13,15,20-23,25-29,31-32,34-40H2,1-3H3/b12-9-,17-14-,19-16-,24-18-,33-30-. The van der Waals surface area contributed by atoms with Gasteiger partial charge in [-0.3, -0.25) is 14.4 Å². The number of unbranched alkanes of at least 4 members (excludes halogenated alkanes) is 15. The summed E-state index contributed by atoms with van der Waals surface area (Å²) in [6.07, 6.45) is 45.2. The van der Waals surface area contributed by atoms with Crippen molar-refractivity contribution in [2.45, 2.75) is 187 Å². The normalized spacial score (nSPS) is 12.6. The van der Waals surface area contributed by atoms with Crippen molar-refractivity contribution >= 4 is 17.9 Å². The van der Waals surface area contributed by atoms with Gasteiger partial charge in [0.15, 0.2) is 6.10 Å². The van der Waals surface area contributed by atoms with Crippen LogP contribution in [0.4, 0.5) is 0 Å². The number of carbonyl (C=O) groups excluding carboxylic acids is 3. The fraction of sp³-hybridized carbons (Fsp3) is 0.705. The first-order chi connectivity index (χ1) is 24.5. The molecule has 0 saturated carbocycles. The maximum Gasteiger partial charge on any atom is 0.309 e. The van der Waals surface area contributed by atoms with Gasteiger partial charge in [-0.15, -0.1) is 0 Å². The zero-order valence-corrected chi connectivity index (χ0v) is 32.4. The molecule has 0 radical (unpaired) electrons. The van der Waals surface area contributed by atoms with Crippen molar-refractivity contribution in [2.75, 3.05) is 13.2 Å². The van der Waals surface area contributed by atoms with Crippen molar-refractivity contribution in [1.29, 1.82) is 0 Å². The summed E-state index contributed by atoms with van der Waals surface area (Å²) in [6.45, 7) is 6.31. The summed E-state index contributed by atoms with van der Waals surface area (Å²) in [5.74, 6) is -1.07. The highest BCUT2D eigenvalue weighted by Crippen LogP contribution is 2.12. The van der Waals surface area contributed by atoms with Gasteiger partial charge in [0.1, 0.15) is 13.2 Å². The monoisotopic (exact) mass is 699 g/mol. The summed E-state index contributed by atoms with van der Waals surface area (Å²) in [5.41, 5.74) is 0. The van der Waals surface area contributed by atoms with Crippen molar-refractivity contribution in [3.8, 4) is 0 Å². The predicted molar refractivity (Wildman–Crippen MR) is 210 cm³/mol. The summed E-state index contributed by atoms with van der Waals surface area (Å²) in [7, 11) is 0. The second-order valence-electron chi connectivity index (χ2n) is 13.2. The van der Waals surface area contributed by atoms with E-state index in [1.165, 1.54) is 57.8 Å². The smallest absolute Gasteiger partial charge is 0.309 e. The van der Waals surface area contributed by atoms with Crippen LogP contribution in [-0.4, -0.2) is 37.2 Å². The van der Waals surface area contributed by atoms with Crippen LogP contribution in [0.1, 0.15) is 181 Å². The molecule has 1 unspecified atom stereocenters. The van der Waals surface area contributed by atoms with Crippen LogP contribution >= 0.6 is 0 Å². The molecule has 0 fully saturated rings. The Morgan fingerprint density at radius 1 is 0.440 bits per heavy atom. The van der Waals surface area contributed by atoms with E-state index in [9.17, 15) is 14.4 Å². The number of rotatable bonds is 35. The van der Waals surface area contributed by atoms with E-state index < -0.39 is 12.1 Å². The Balaban J connectivity index is 4.49. The average molecular weight is 699 g/mol. The third-order valence-corrected chi connectivity index (χ3v) is 8.26. The maximum absolute atomic E-state index is 12.6. The molecule has 0 saturated heterocycles. The molecule has 0 spiro atoms. The number of hydrogen-bond donors (Lipinski definition) is 0. The third-order valence-electron chi connectivity index (χ3n) is 8.26. The summed E-state index contributed by atoms with van der Waals surface area (Å²) in [4.78, 5) is 37.4. The van der Waals surface area contributed by atoms with Crippen LogP contribution in [0.5, 0.6) is 0 Å². The highest BCUT2D eigenvalue weighted by Gasteiger charge is 2.19. The Bertz CT molecular complexity index is 944. The fourth-order valence-electron chi connectivity index (χ4n) is 5.18. The summed E-state index contributed by atoms with van der Waals surface area (Å²) >= 11 is 0. The molecule has 0 amide bonds. The zero-order chi connectivity index (χ0) is 36.6. The van der Waals surface area contributed by atoms with Gasteiger partial charge < -0.3 is 14.2 Å². The van der Waals surface area contributed by atoms with E-state index in [0.29, 0.717) is 12.8 Å². The summed E-state index contributed by atoms with van der Waals surface area (Å²) in [5, 5.41) is 0. The first kappa shape index (κ1) is 47.1. The van der Waals surface area contributed by atoms with Crippen molar-refractivity contribution in [3.05, 3.63) is 60.8 Å². The van der Waals surface area contributed by atoms with Gasteiger partial charge in [-0.05, 0) is 77.0 Å². The van der Waals surface area contributed by atoms with Gasteiger partial charge in [-0.25, -0.2) is 0 Å². The first-order valence-corrected chi connectivity index (χ1v) is 20.3. The van der Waals surface area contributed by atoms with Crippen LogP contribution in [0.2, 0.25) is 0 Å². The molecular formula is C44H74O6. The lowest BCUT2D eigenvalue weighted by Crippen LogP contribution is -2.30. The lowest BCUT2D eigenvalue weighted by Gasteiger charge is -2.18. The predicted octanol–water partition coefficient (Wildman–Crippen LogP) is 12.6. The highest BCUT2D eigenvalue weighted by molar-refractivity contribution is 5.72. The summed E-state index contributed by atoms with van der Waals surface area (Å²) < 4.78 is 16.5. The molecule has 1 atom stereocenters. The topological polar surface area (TPSA) is 78.9 Å². The number of ether oxygens (including phenoxy) is 3. The molecule has 0 aliphatic heterocycles. The SMILES string of the molecule is CC/C=C\C/C=C\C/C=C\CC(=O)OCC(COC(=O)CCCCCCC/C=C\CCCCC)OC(=O)CCCCCCC/C=C\CCCC. The zero-order valence-electron chi connectivity index (χ0n) is 32.4. The maximum atomic E-state index is 12.6. The Morgan fingerprint density at radius 2 is 0.880 bits per heavy atom. The van der Waals surface area contributed by atoms with Gasteiger partial charge in [0.05, 0.1) is 6.42 Å². The minimum atomic E-state index is -0.812. The van der Waals surface area contributed by atoms with E-state index in [1.54, 1.807) is 6.08 Å². The summed E-state index contributed by atoms with van der Waals surface area (Å²) in [6, 6.07) is 0. The molecule has 286 valence electrons. The largest absolute Gasteiger partial charge is 0.462 e. The molecule has 0 heterocycles. The molecule has 6 heteroatoms. The molecule has 0 aromatic carbocycles. The lowest BCUT2D eigenvalue weighted by molar-refractivity contribution is -0.166. The Morgan fingerprint density at radius 3 is 1.44 bits per heavy atom. The lowest BCUT2D eigenvalue weighted by atomic mass is 10.1. The van der Waals surface area contributed by atoms with Crippen LogP contribution < -0.4 is 0 Å². The molecule has 6 nitrogen and oxygen atoms in total. The Hall–Kier alpha value is -2.89. The molecule has 50 heavy (non-hydrogen) atoms. The second kappa shape index (κ2) is 38.9. The van der Waals surface area contributed by atoms with Crippen LogP contribution in [0.3, 0.4) is 0 Å². The van der Waals surface area contributed by atoms with E-state index in [1.807, 2.05) is 6.08 Å². The second-order valence-corrected chi connectivity index (χ2v) is 13.2. The highest BCUT2D eigenvalue weighted by atomic mass is 16.6. The fourth-order valence-corrected chi connectivity index (χ4v) is 5.18. The van der Waals surface area contributed by atoms with E-state index in [2.05, 4.69) is 69.4 Å². The van der Waals surface area contributed by atoms with Crippen LogP contribution in [0.25, 0.3) is 0 Å². The molecular weight excluding hydrogens is 624 g/mol. The average Bonchev–Trinajstić information content (AvgIpc) is 3.11.